The molecule has 0 saturated carbocycles. The van der Waals surface area contributed by atoms with Crippen molar-refractivity contribution >= 4 is 17.3 Å². The van der Waals surface area contributed by atoms with E-state index in [1.165, 1.54) is 0 Å². The molecule has 1 aromatic rings. The zero-order valence-corrected chi connectivity index (χ0v) is 10.4. The molecule has 0 fully saturated rings. The summed E-state index contributed by atoms with van der Waals surface area (Å²) in [6.07, 6.45) is 5.09. The molecule has 0 amide bonds. The third kappa shape index (κ3) is 2.21. The first-order valence-corrected chi connectivity index (χ1v) is 6.26. The Bertz CT molecular complexity index is 527. The molecule has 0 heterocycles. The predicted molar refractivity (Wildman–Crippen MR) is 69.6 cm³/mol. The summed E-state index contributed by atoms with van der Waals surface area (Å²) in [7, 11) is 0. The molecule has 0 spiro atoms. The van der Waals surface area contributed by atoms with Gasteiger partial charge in [0, 0.05) is 17.2 Å². The number of aryl methyl sites for hydroxylation is 1. The lowest BCUT2D eigenvalue weighted by Gasteiger charge is -2.16. The molecule has 0 atom stereocenters. The van der Waals surface area contributed by atoms with Gasteiger partial charge in [-0.2, -0.15) is 0 Å². The van der Waals surface area contributed by atoms with Crippen molar-refractivity contribution in [3.05, 3.63) is 41.0 Å². The Morgan fingerprint density at radius 2 is 1.94 bits per heavy atom. The molecular formula is C15H16O3. The van der Waals surface area contributed by atoms with E-state index in [0.717, 1.165) is 37.3 Å². The SMILES string of the molecule is CCCCCc1cccc2c1C(O)=CC(=O)C2=O. The number of allylic oxidation sites excluding steroid dienone is 1. The van der Waals surface area contributed by atoms with Crippen LogP contribution < -0.4 is 0 Å². The fourth-order valence-electron chi connectivity index (χ4n) is 2.26. The Hall–Kier alpha value is -1.90. The molecule has 0 unspecified atom stereocenters. The highest BCUT2D eigenvalue weighted by molar-refractivity contribution is 6.50. The van der Waals surface area contributed by atoms with Crippen LogP contribution in [0.25, 0.3) is 5.76 Å². The van der Waals surface area contributed by atoms with Gasteiger partial charge >= 0.3 is 0 Å². The second kappa shape index (κ2) is 5.17. The largest absolute Gasteiger partial charge is 0.507 e. The molecule has 1 aliphatic carbocycles. The van der Waals surface area contributed by atoms with Crippen molar-refractivity contribution in [2.24, 2.45) is 0 Å². The third-order valence-electron chi connectivity index (χ3n) is 3.19. The lowest BCUT2D eigenvalue weighted by atomic mass is 9.88. The van der Waals surface area contributed by atoms with E-state index in [9.17, 15) is 14.7 Å². The quantitative estimate of drug-likeness (QED) is 0.654. The van der Waals surface area contributed by atoms with Crippen LogP contribution in [0.3, 0.4) is 0 Å². The van der Waals surface area contributed by atoms with E-state index in [-0.39, 0.29) is 5.76 Å². The fourth-order valence-corrected chi connectivity index (χ4v) is 2.26. The van der Waals surface area contributed by atoms with Gasteiger partial charge < -0.3 is 5.11 Å². The van der Waals surface area contributed by atoms with Gasteiger partial charge in [0.2, 0.25) is 11.6 Å². The van der Waals surface area contributed by atoms with Crippen molar-refractivity contribution in [3.63, 3.8) is 0 Å². The molecule has 18 heavy (non-hydrogen) atoms. The average Bonchev–Trinajstić information content (AvgIpc) is 2.36. The topological polar surface area (TPSA) is 54.4 Å². The lowest BCUT2D eigenvalue weighted by molar-refractivity contribution is -0.111. The molecule has 1 N–H and O–H groups in total. The molecule has 0 aromatic heterocycles. The van der Waals surface area contributed by atoms with Gasteiger partial charge in [0.15, 0.2) is 0 Å². The van der Waals surface area contributed by atoms with Crippen LogP contribution in [0.1, 0.15) is 47.7 Å². The summed E-state index contributed by atoms with van der Waals surface area (Å²) in [5.41, 5.74) is 1.81. The molecule has 1 aromatic carbocycles. The third-order valence-corrected chi connectivity index (χ3v) is 3.19. The van der Waals surface area contributed by atoms with Crippen molar-refractivity contribution < 1.29 is 14.7 Å². The van der Waals surface area contributed by atoms with Gasteiger partial charge in [0.1, 0.15) is 5.76 Å². The maximum absolute atomic E-state index is 11.7. The van der Waals surface area contributed by atoms with E-state index in [4.69, 9.17) is 0 Å². The second-order valence-corrected chi connectivity index (χ2v) is 4.52. The number of aliphatic hydroxyl groups excluding tert-OH is 1. The Morgan fingerprint density at radius 3 is 2.67 bits per heavy atom. The Kier molecular flexibility index (Phi) is 3.60. The number of hydrogen-bond donors (Lipinski definition) is 1. The zero-order valence-electron chi connectivity index (χ0n) is 10.4. The van der Waals surface area contributed by atoms with Crippen LogP contribution in [-0.4, -0.2) is 16.7 Å². The number of Topliss-reactive ketones (excluding diaryl/α,β-unsaturated/α-hetero) is 1. The van der Waals surface area contributed by atoms with Crippen molar-refractivity contribution in [2.45, 2.75) is 32.6 Å². The molecule has 0 bridgehead atoms. The number of aliphatic hydroxyl groups is 1. The first-order valence-electron chi connectivity index (χ1n) is 6.26. The summed E-state index contributed by atoms with van der Waals surface area (Å²) < 4.78 is 0. The van der Waals surface area contributed by atoms with E-state index in [1.807, 2.05) is 6.07 Å². The molecule has 3 nitrogen and oxygen atoms in total. The van der Waals surface area contributed by atoms with Gasteiger partial charge in [-0.05, 0) is 18.4 Å². The Morgan fingerprint density at radius 1 is 1.17 bits per heavy atom. The molecule has 0 saturated heterocycles. The van der Waals surface area contributed by atoms with Gasteiger partial charge in [-0.15, -0.1) is 0 Å². The van der Waals surface area contributed by atoms with Gasteiger partial charge in [0.05, 0.1) is 0 Å². The fraction of sp³-hybridized carbons (Fsp3) is 0.333. The highest BCUT2D eigenvalue weighted by Gasteiger charge is 2.27. The summed E-state index contributed by atoms with van der Waals surface area (Å²) in [5, 5.41) is 9.87. The monoisotopic (exact) mass is 244 g/mol. The van der Waals surface area contributed by atoms with E-state index < -0.39 is 11.6 Å². The van der Waals surface area contributed by atoms with Crippen molar-refractivity contribution in [1.82, 2.24) is 0 Å². The molecule has 0 aliphatic heterocycles. The van der Waals surface area contributed by atoms with Crippen LogP contribution in [-0.2, 0) is 11.2 Å². The number of carbonyl (C=O) groups excluding carboxylic acids is 2. The van der Waals surface area contributed by atoms with Gasteiger partial charge in [-0.25, -0.2) is 0 Å². The van der Waals surface area contributed by atoms with E-state index >= 15 is 0 Å². The molecule has 1 aliphatic rings. The Balaban J connectivity index is 2.39. The first kappa shape index (κ1) is 12.6. The summed E-state index contributed by atoms with van der Waals surface area (Å²) in [4.78, 5) is 23.1. The van der Waals surface area contributed by atoms with E-state index in [2.05, 4.69) is 6.92 Å². The number of fused-ring (bicyclic) bond motifs is 1. The van der Waals surface area contributed by atoms with Crippen LogP contribution in [0.2, 0.25) is 0 Å². The highest BCUT2D eigenvalue weighted by Crippen LogP contribution is 2.27. The molecule has 2 rings (SSSR count). The predicted octanol–water partition coefficient (Wildman–Crippen LogP) is 3.08. The minimum atomic E-state index is -0.647. The minimum Gasteiger partial charge on any atom is -0.507 e. The van der Waals surface area contributed by atoms with E-state index in [0.29, 0.717) is 11.1 Å². The molecular weight excluding hydrogens is 228 g/mol. The van der Waals surface area contributed by atoms with Gasteiger partial charge in [-0.3, -0.25) is 9.59 Å². The maximum Gasteiger partial charge on any atom is 0.233 e. The maximum atomic E-state index is 11.7. The van der Waals surface area contributed by atoms with Gasteiger partial charge in [-0.1, -0.05) is 38.0 Å². The normalized spacial score (nSPS) is 14.4. The van der Waals surface area contributed by atoms with Crippen LogP contribution >= 0.6 is 0 Å². The summed E-state index contributed by atoms with van der Waals surface area (Å²) in [5.74, 6) is -1.26. The number of unbranched alkanes of at least 4 members (excludes halogenated alkanes) is 2. The number of ketones is 2. The average molecular weight is 244 g/mol. The smallest absolute Gasteiger partial charge is 0.233 e. The summed E-state index contributed by atoms with van der Waals surface area (Å²) in [6, 6.07) is 5.27. The minimum absolute atomic E-state index is 0.0818. The standard InChI is InChI=1S/C15H16O3/c1-2-3-4-6-10-7-5-8-11-14(10)12(16)9-13(17)15(11)18/h5,7-9,16H,2-4,6H2,1H3. The number of hydrogen-bond acceptors (Lipinski definition) is 3. The van der Waals surface area contributed by atoms with Gasteiger partial charge in [0.25, 0.3) is 0 Å². The van der Waals surface area contributed by atoms with Crippen LogP contribution in [0.15, 0.2) is 24.3 Å². The lowest BCUT2D eigenvalue weighted by Crippen LogP contribution is -2.19. The number of benzene rings is 1. The first-order chi connectivity index (χ1) is 8.65. The van der Waals surface area contributed by atoms with E-state index in [1.54, 1.807) is 12.1 Å². The summed E-state index contributed by atoms with van der Waals surface area (Å²) >= 11 is 0. The van der Waals surface area contributed by atoms with Crippen molar-refractivity contribution in [2.75, 3.05) is 0 Å². The van der Waals surface area contributed by atoms with Crippen LogP contribution in [0.4, 0.5) is 0 Å². The zero-order chi connectivity index (χ0) is 13.1. The molecule has 94 valence electrons. The highest BCUT2D eigenvalue weighted by atomic mass is 16.3. The molecule has 0 radical (unpaired) electrons. The number of rotatable bonds is 4. The van der Waals surface area contributed by atoms with Crippen LogP contribution in [0, 0.1) is 0 Å². The Labute approximate surface area is 106 Å². The summed E-state index contributed by atoms with van der Waals surface area (Å²) in [6.45, 7) is 2.13. The molecule has 3 heteroatoms. The second-order valence-electron chi connectivity index (χ2n) is 4.52. The number of carbonyl (C=O) groups is 2. The van der Waals surface area contributed by atoms with Crippen molar-refractivity contribution in [3.8, 4) is 0 Å². The van der Waals surface area contributed by atoms with Crippen molar-refractivity contribution in [1.29, 1.82) is 0 Å². The van der Waals surface area contributed by atoms with Crippen LogP contribution in [0.5, 0.6) is 0 Å².